The number of carbonyl (C=O) groups excluding carboxylic acids is 1. The summed E-state index contributed by atoms with van der Waals surface area (Å²) in [5, 5.41) is 4.54. The Morgan fingerprint density at radius 1 is 1.06 bits per heavy atom. The summed E-state index contributed by atoms with van der Waals surface area (Å²) in [7, 11) is 3.90. The van der Waals surface area contributed by atoms with Gasteiger partial charge in [0.05, 0.1) is 11.7 Å². The van der Waals surface area contributed by atoms with Gasteiger partial charge in [0, 0.05) is 52.7 Å². The number of nitrogens with zero attached hydrogens (tertiary/aromatic N) is 6. The molecule has 1 saturated heterocycles. The lowest BCUT2D eigenvalue weighted by molar-refractivity contribution is 0.0580. The Labute approximate surface area is 196 Å². The monoisotopic (exact) mass is 456 g/mol. The molecule has 3 heterocycles. The predicted octanol–water partition coefficient (Wildman–Crippen LogP) is 3.32. The second kappa shape index (κ2) is 10.3. The highest BCUT2D eigenvalue weighted by Crippen LogP contribution is 2.28. The van der Waals surface area contributed by atoms with Crippen LogP contribution in [0.5, 0.6) is 0 Å². The fraction of sp³-hybridized carbons (Fsp3) is 0.458. The molecule has 7 nitrogen and oxygen atoms in total. The average molecular weight is 457 g/mol. The molecule has 0 spiro atoms. The summed E-state index contributed by atoms with van der Waals surface area (Å²) < 4.78 is 3.81. The number of rotatable bonds is 6. The van der Waals surface area contributed by atoms with Gasteiger partial charge in [0.25, 0.3) is 5.91 Å². The van der Waals surface area contributed by atoms with E-state index in [1.165, 1.54) is 5.56 Å². The Hall–Kier alpha value is -2.64. The first-order chi connectivity index (χ1) is 14.9. The van der Waals surface area contributed by atoms with Crippen molar-refractivity contribution in [1.82, 2.24) is 29.1 Å². The smallest absolute Gasteiger partial charge is 0.272 e. The van der Waals surface area contributed by atoms with Crippen molar-refractivity contribution in [2.45, 2.75) is 26.3 Å². The number of aryl methyl sites for hydroxylation is 2. The van der Waals surface area contributed by atoms with Crippen LogP contribution in [0, 0.1) is 5.92 Å². The van der Waals surface area contributed by atoms with E-state index < -0.39 is 0 Å². The van der Waals surface area contributed by atoms with Gasteiger partial charge in [-0.1, -0.05) is 44.2 Å². The van der Waals surface area contributed by atoms with Crippen LogP contribution in [0.15, 0.2) is 48.8 Å². The third kappa shape index (κ3) is 5.05. The molecule has 2 aromatic heterocycles. The first-order valence-electron chi connectivity index (χ1n) is 11.0. The number of hydrogen-bond acceptors (Lipinski definition) is 4. The van der Waals surface area contributed by atoms with E-state index in [1.54, 1.807) is 4.68 Å². The largest absolute Gasteiger partial charge is 0.336 e. The van der Waals surface area contributed by atoms with Gasteiger partial charge in [-0.15, -0.1) is 12.4 Å². The Balaban J connectivity index is 0.00000289. The van der Waals surface area contributed by atoms with Crippen LogP contribution in [0.1, 0.15) is 47.5 Å². The summed E-state index contributed by atoms with van der Waals surface area (Å²) in [6.07, 6.45) is 4.72. The van der Waals surface area contributed by atoms with Gasteiger partial charge >= 0.3 is 0 Å². The van der Waals surface area contributed by atoms with Gasteiger partial charge in [-0.25, -0.2) is 4.98 Å². The number of benzene rings is 1. The number of halogens is 1. The highest BCUT2D eigenvalue weighted by atomic mass is 35.5. The van der Waals surface area contributed by atoms with Crippen molar-refractivity contribution in [3.05, 3.63) is 71.6 Å². The minimum absolute atomic E-state index is 0. The van der Waals surface area contributed by atoms with Crippen LogP contribution in [0.3, 0.4) is 0 Å². The van der Waals surface area contributed by atoms with E-state index in [0.29, 0.717) is 24.7 Å². The molecule has 4 rings (SSSR count). The predicted molar refractivity (Wildman–Crippen MR) is 128 cm³/mol. The van der Waals surface area contributed by atoms with E-state index in [1.807, 2.05) is 43.5 Å². The van der Waals surface area contributed by atoms with E-state index in [4.69, 9.17) is 0 Å². The van der Waals surface area contributed by atoms with E-state index in [-0.39, 0.29) is 24.4 Å². The molecule has 1 atom stereocenters. The summed E-state index contributed by atoms with van der Waals surface area (Å²) in [6, 6.07) is 12.5. The normalized spacial score (nSPS) is 15.6. The van der Waals surface area contributed by atoms with Gasteiger partial charge in [-0.05, 0) is 24.0 Å². The molecule has 3 aromatic rings. The maximum atomic E-state index is 13.2. The summed E-state index contributed by atoms with van der Waals surface area (Å²) in [4.78, 5) is 22.2. The molecule has 1 unspecified atom stereocenters. The van der Waals surface area contributed by atoms with Crippen molar-refractivity contribution in [3.63, 3.8) is 0 Å². The minimum Gasteiger partial charge on any atom is -0.336 e. The van der Waals surface area contributed by atoms with E-state index >= 15 is 0 Å². The molecule has 1 aromatic carbocycles. The molecule has 172 valence electrons. The second-order valence-corrected chi connectivity index (χ2v) is 8.78. The van der Waals surface area contributed by atoms with Gasteiger partial charge in [-0.3, -0.25) is 14.4 Å². The SMILES string of the molecule is CC(C)Cc1cc(C(=O)N2CCN(C(c3ccccc3)c3nccn3C)CC2)n(C)n1.Cl. The highest BCUT2D eigenvalue weighted by Gasteiger charge is 2.31. The second-order valence-electron chi connectivity index (χ2n) is 8.78. The molecule has 1 aliphatic rings. The fourth-order valence-corrected chi connectivity index (χ4v) is 4.39. The molecule has 8 heteroatoms. The lowest BCUT2D eigenvalue weighted by Crippen LogP contribution is -2.50. The van der Waals surface area contributed by atoms with Crippen LogP contribution in [-0.2, 0) is 20.5 Å². The molecular weight excluding hydrogens is 424 g/mol. The summed E-state index contributed by atoms with van der Waals surface area (Å²) in [5.41, 5.74) is 2.88. The number of imidazole rings is 1. The summed E-state index contributed by atoms with van der Waals surface area (Å²) in [6.45, 7) is 7.32. The maximum Gasteiger partial charge on any atom is 0.272 e. The first-order valence-corrected chi connectivity index (χ1v) is 11.0. The molecule has 1 amide bonds. The first kappa shape index (κ1) is 24.0. The third-order valence-corrected chi connectivity index (χ3v) is 5.95. The van der Waals surface area contributed by atoms with Crippen molar-refractivity contribution in [2.75, 3.05) is 26.2 Å². The number of piperazine rings is 1. The lowest BCUT2D eigenvalue weighted by atomic mass is 10.0. The zero-order valence-electron chi connectivity index (χ0n) is 19.3. The van der Waals surface area contributed by atoms with Gasteiger partial charge < -0.3 is 9.47 Å². The van der Waals surface area contributed by atoms with Crippen LogP contribution in [0.25, 0.3) is 0 Å². The zero-order valence-corrected chi connectivity index (χ0v) is 20.1. The molecule has 0 N–H and O–H groups in total. The Kier molecular flexibility index (Phi) is 7.74. The van der Waals surface area contributed by atoms with Crippen LogP contribution >= 0.6 is 12.4 Å². The van der Waals surface area contributed by atoms with Gasteiger partial charge in [0.2, 0.25) is 0 Å². The standard InChI is InChI=1S/C24H32N6O.ClH/c1-18(2)16-20-17-21(28(4)26-20)24(31)30-14-12-29(13-15-30)22(19-8-6-5-7-9-19)23-25-10-11-27(23)3;/h5-11,17-18,22H,12-16H2,1-4H3;1H. The molecule has 0 bridgehead atoms. The topological polar surface area (TPSA) is 59.2 Å². The molecule has 0 saturated carbocycles. The number of hydrogen-bond donors (Lipinski definition) is 0. The summed E-state index contributed by atoms with van der Waals surface area (Å²) in [5.74, 6) is 1.61. The minimum atomic E-state index is 0. The highest BCUT2D eigenvalue weighted by molar-refractivity contribution is 5.92. The van der Waals surface area contributed by atoms with Gasteiger partial charge in [0.1, 0.15) is 11.5 Å². The number of carbonyl (C=O) groups is 1. The van der Waals surface area contributed by atoms with Gasteiger partial charge in [-0.2, -0.15) is 5.10 Å². The van der Waals surface area contributed by atoms with Crippen LogP contribution in [0.4, 0.5) is 0 Å². The van der Waals surface area contributed by atoms with Crippen molar-refractivity contribution in [2.24, 2.45) is 20.0 Å². The molecule has 1 fully saturated rings. The van der Waals surface area contributed by atoms with E-state index in [9.17, 15) is 4.79 Å². The third-order valence-electron chi connectivity index (χ3n) is 5.95. The van der Waals surface area contributed by atoms with Crippen molar-refractivity contribution in [3.8, 4) is 0 Å². The summed E-state index contributed by atoms with van der Waals surface area (Å²) >= 11 is 0. The maximum absolute atomic E-state index is 13.2. The van der Waals surface area contributed by atoms with Crippen LogP contribution < -0.4 is 0 Å². The number of aromatic nitrogens is 4. The Bertz CT molecular complexity index is 1020. The van der Waals surface area contributed by atoms with Crippen molar-refractivity contribution in [1.29, 1.82) is 0 Å². The van der Waals surface area contributed by atoms with Crippen molar-refractivity contribution < 1.29 is 4.79 Å². The quantitative estimate of drug-likeness (QED) is 0.571. The van der Waals surface area contributed by atoms with Crippen molar-refractivity contribution >= 4 is 18.3 Å². The zero-order chi connectivity index (χ0) is 22.0. The number of amides is 1. The van der Waals surface area contributed by atoms with E-state index in [0.717, 1.165) is 31.0 Å². The molecule has 32 heavy (non-hydrogen) atoms. The Morgan fingerprint density at radius 2 is 1.75 bits per heavy atom. The lowest BCUT2D eigenvalue weighted by Gasteiger charge is -2.39. The van der Waals surface area contributed by atoms with Crippen LogP contribution in [0.2, 0.25) is 0 Å². The Morgan fingerprint density at radius 3 is 2.34 bits per heavy atom. The van der Waals surface area contributed by atoms with Crippen LogP contribution in [-0.4, -0.2) is 61.2 Å². The fourth-order valence-electron chi connectivity index (χ4n) is 4.39. The van der Waals surface area contributed by atoms with E-state index in [2.05, 4.69) is 57.7 Å². The molecular formula is C24H33ClN6O. The average Bonchev–Trinajstić information content (AvgIpc) is 3.34. The molecule has 0 aliphatic carbocycles. The molecule has 1 aliphatic heterocycles. The molecule has 0 radical (unpaired) electrons. The van der Waals surface area contributed by atoms with Gasteiger partial charge in [0.15, 0.2) is 0 Å².